The molecule has 2 amide bonds. The summed E-state index contributed by atoms with van der Waals surface area (Å²) in [7, 11) is 0. The maximum Gasteiger partial charge on any atom is 0.239 e. The van der Waals surface area contributed by atoms with Gasteiger partial charge < -0.3 is 10.2 Å². The van der Waals surface area contributed by atoms with Crippen LogP contribution in [0.4, 0.5) is 20.2 Å². The summed E-state index contributed by atoms with van der Waals surface area (Å²) >= 11 is 5.99. The minimum absolute atomic E-state index is 0.156. The number of nitrogens with zero attached hydrogens (tertiary/aromatic N) is 1. The second-order valence-corrected chi connectivity index (χ2v) is 6.31. The quantitative estimate of drug-likeness (QED) is 0.839. The Hall–Kier alpha value is -2.47. The molecule has 0 saturated carbocycles. The molecular weight excluding hydrogens is 350 g/mol. The molecule has 130 valence electrons. The number of aryl methyl sites for hydroxylation is 1. The van der Waals surface area contributed by atoms with Crippen molar-refractivity contribution in [2.75, 3.05) is 16.8 Å². The van der Waals surface area contributed by atoms with Gasteiger partial charge in [-0.25, -0.2) is 8.78 Å². The van der Waals surface area contributed by atoms with E-state index in [1.54, 1.807) is 18.2 Å². The maximum absolute atomic E-state index is 13.7. The van der Waals surface area contributed by atoms with Crippen molar-refractivity contribution < 1.29 is 18.4 Å². The molecule has 1 aliphatic rings. The van der Waals surface area contributed by atoms with E-state index in [1.165, 1.54) is 4.90 Å². The summed E-state index contributed by atoms with van der Waals surface area (Å²) in [5, 5.41) is 2.85. The molecule has 7 heteroatoms. The predicted octanol–water partition coefficient (Wildman–Crippen LogP) is 3.92. The van der Waals surface area contributed by atoms with Crippen molar-refractivity contribution in [1.82, 2.24) is 0 Å². The zero-order valence-electron chi connectivity index (χ0n) is 13.4. The molecule has 0 radical (unpaired) electrons. The average molecular weight is 365 g/mol. The Kier molecular flexibility index (Phi) is 4.72. The number of halogens is 3. The van der Waals surface area contributed by atoms with Crippen LogP contribution in [0, 0.1) is 24.5 Å². The molecule has 1 fully saturated rings. The summed E-state index contributed by atoms with van der Waals surface area (Å²) in [6, 6.07) is 8.04. The number of carbonyl (C=O) groups excluding carboxylic acids is 2. The summed E-state index contributed by atoms with van der Waals surface area (Å²) in [5.41, 5.74) is 1.36. The zero-order chi connectivity index (χ0) is 18.1. The molecule has 25 heavy (non-hydrogen) atoms. The third-order valence-electron chi connectivity index (χ3n) is 4.17. The number of carbonyl (C=O) groups is 2. The van der Waals surface area contributed by atoms with Gasteiger partial charge in [0.2, 0.25) is 11.8 Å². The smallest absolute Gasteiger partial charge is 0.239 e. The van der Waals surface area contributed by atoms with Gasteiger partial charge in [-0.05, 0) is 43.2 Å². The van der Waals surface area contributed by atoms with Crippen LogP contribution in [-0.2, 0) is 9.59 Å². The minimum Gasteiger partial charge on any atom is -0.323 e. The third-order valence-corrected chi connectivity index (χ3v) is 4.41. The van der Waals surface area contributed by atoms with Crippen molar-refractivity contribution in [2.45, 2.75) is 13.3 Å². The third kappa shape index (κ3) is 3.49. The fourth-order valence-corrected chi connectivity index (χ4v) is 3.01. The Labute approximate surface area is 148 Å². The highest BCUT2D eigenvalue weighted by molar-refractivity contribution is 6.31. The molecule has 1 aliphatic heterocycles. The van der Waals surface area contributed by atoms with E-state index >= 15 is 0 Å². The SMILES string of the molecule is Cc1ccc(Cl)cc1N1CCC(C(=O)Nc2ccc(F)cc2F)C1=O. The largest absolute Gasteiger partial charge is 0.323 e. The van der Waals surface area contributed by atoms with Crippen LogP contribution in [0.15, 0.2) is 36.4 Å². The van der Waals surface area contributed by atoms with Gasteiger partial charge in [-0.2, -0.15) is 0 Å². The summed E-state index contributed by atoms with van der Waals surface area (Å²) < 4.78 is 26.6. The molecule has 1 saturated heterocycles. The molecule has 1 N–H and O–H groups in total. The first-order valence-electron chi connectivity index (χ1n) is 7.70. The highest BCUT2D eigenvalue weighted by atomic mass is 35.5. The predicted molar refractivity (Wildman–Crippen MR) is 91.6 cm³/mol. The van der Waals surface area contributed by atoms with Crippen molar-refractivity contribution in [3.8, 4) is 0 Å². The molecule has 0 aromatic heterocycles. The van der Waals surface area contributed by atoms with Crippen LogP contribution in [-0.4, -0.2) is 18.4 Å². The van der Waals surface area contributed by atoms with Crippen LogP contribution in [0.25, 0.3) is 0 Å². The van der Waals surface area contributed by atoms with Crippen molar-refractivity contribution in [1.29, 1.82) is 0 Å². The standard InChI is InChI=1S/C18H15ClF2N2O2/c1-10-2-3-11(19)8-16(10)23-7-6-13(18(23)25)17(24)22-15-5-4-12(20)9-14(15)21/h2-5,8-9,13H,6-7H2,1H3,(H,22,24). The van der Waals surface area contributed by atoms with Crippen molar-refractivity contribution in [3.05, 3.63) is 58.6 Å². The monoisotopic (exact) mass is 364 g/mol. The van der Waals surface area contributed by atoms with E-state index in [2.05, 4.69) is 5.32 Å². The van der Waals surface area contributed by atoms with E-state index in [0.29, 0.717) is 29.7 Å². The molecule has 1 atom stereocenters. The van der Waals surface area contributed by atoms with Gasteiger partial charge in [-0.3, -0.25) is 9.59 Å². The maximum atomic E-state index is 13.7. The van der Waals surface area contributed by atoms with Crippen molar-refractivity contribution in [3.63, 3.8) is 0 Å². The number of hydrogen-bond donors (Lipinski definition) is 1. The van der Waals surface area contributed by atoms with Crippen molar-refractivity contribution >= 4 is 34.8 Å². The Balaban J connectivity index is 1.77. The van der Waals surface area contributed by atoms with E-state index in [1.807, 2.05) is 6.92 Å². The lowest BCUT2D eigenvalue weighted by molar-refractivity contribution is -0.129. The number of rotatable bonds is 3. The number of benzene rings is 2. The fourth-order valence-electron chi connectivity index (χ4n) is 2.85. The van der Waals surface area contributed by atoms with Crippen LogP contribution in [0.2, 0.25) is 5.02 Å². The van der Waals surface area contributed by atoms with Gasteiger partial charge >= 0.3 is 0 Å². The van der Waals surface area contributed by atoms with Crippen LogP contribution in [0.3, 0.4) is 0 Å². The molecule has 0 spiro atoms. The van der Waals surface area contributed by atoms with Gasteiger partial charge in [-0.15, -0.1) is 0 Å². The summed E-state index contributed by atoms with van der Waals surface area (Å²) in [6.45, 7) is 2.21. The van der Waals surface area contributed by atoms with Crippen molar-refractivity contribution in [2.24, 2.45) is 5.92 Å². The molecule has 2 aromatic carbocycles. The minimum atomic E-state index is -0.928. The van der Waals surface area contributed by atoms with E-state index in [4.69, 9.17) is 11.6 Å². The van der Waals surface area contributed by atoms with Crippen LogP contribution >= 0.6 is 11.6 Å². The second kappa shape index (κ2) is 6.80. The molecular formula is C18H15ClF2N2O2. The Morgan fingerprint density at radius 1 is 1.24 bits per heavy atom. The topological polar surface area (TPSA) is 49.4 Å². The van der Waals surface area contributed by atoms with Gasteiger partial charge in [0.1, 0.15) is 17.6 Å². The molecule has 4 nitrogen and oxygen atoms in total. The molecule has 1 unspecified atom stereocenters. The van der Waals surface area contributed by atoms with Gasteiger partial charge in [0.25, 0.3) is 0 Å². The van der Waals surface area contributed by atoms with E-state index in [0.717, 1.165) is 17.7 Å². The molecule has 0 bridgehead atoms. The number of hydrogen-bond acceptors (Lipinski definition) is 2. The number of anilines is 2. The van der Waals surface area contributed by atoms with E-state index in [9.17, 15) is 18.4 Å². The van der Waals surface area contributed by atoms with E-state index < -0.39 is 23.5 Å². The van der Waals surface area contributed by atoms with Gasteiger partial charge in [-0.1, -0.05) is 17.7 Å². The first kappa shape index (κ1) is 17.4. The first-order chi connectivity index (χ1) is 11.9. The number of nitrogens with one attached hydrogen (secondary N) is 1. The Bertz CT molecular complexity index is 857. The van der Waals surface area contributed by atoms with Crippen LogP contribution < -0.4 is 10.2 Å². The lowest BCUT2D eigenvalue weighted by atomic mass is 10.1. The lowest BCUT2D eigenvalue weighted by Crippen LogP contribution is -2.33. The molecule has 1 heterocycles. The second-order valence-electron chi connectivity index (χ2n) is 5.88. The fraction of sp³-hybridized carbons (Fsp3) is 0.222. The normalized spacial score (nSPS) is 17.0. The Morgan fingerprint density at radius 3 is 2.72 bits per heavy atom. The van der Waals surface area contributed by atoms with Gasteiger partial charge in [0.15, 0.2) is 0 Å². The highest BCUT2D eigenvalue weighted by Gasteiger charge is 2.38. The van der Waals surface area contributed by atoms with Crippen LogP contribution in [0.5, 0.6) is 0 Å². The van der Waals surface area contributed by atoms with Gasteiger partial charge in [0, 0.05) is 23.3 Å². The number of amides is 2. The molecule has 2 aromatic rings. The summed E-state index contributed by atoms with van der Waals surface area (Å²) in [5.74, 6) is -3.54. The summed E-state index contributed by atoms with van der Waals surface area (Å²) in [4.78, 5) is 26.5. The lowest BCUT2D eigenvalue weighted by Gasteiger charge is -2.19. The Morgan fingerprint density at radius 2 is 2.00 bits per heavy atom. The highest BCUT2D eigenvalue weighted by Crippen LogP contribution is 2.31. The zero-order valence-corrected chi connectivity index (χ0v) is 14.1. The summed E-state index contributed by atoms with van der Waals surface area (Å²) in [6.07, 6.45) is 0.305. The van der Waals surface area contributed by atoms with E-state index in [-0.39, 0.29) is 11.6 Å². The molecule has 0 aliphatic carbocycles. The van der Waals surface area contributed by atoms with Gasteiger partial charge in [0.05, 0.1) is 5.69 Å². The first-order valence-corrected chi connectivity index (χ1v) is 8.08. The average Bonchev–Trinajstić information content (AvgIpc) is 2.94. The van der Waals surface area contributed by atoms with Crippen LogP contribution in [0.1, 0.15) is 12.0 Å². The molecule has 3 rings (SSSR count).